The predicted octanol–water partition coefficient (Wildman–Crippen LogP) is 5.90. The number of hydrogen-bond donors (Lipinski definition) is 1. The largest absolute Gasteiger partial charge is 0.483 e. The second-order valence-electron chi connectivity index (χ2n) is 9.92. The first kappa shape index (κ1) is 24.2. The molecule has 3 aromatic rings. The van der Waals surface area contributed by atoms with Crippen molar-refractivity contribution in [2.45, 2.75) is 70.6 Å². The first-order chi connectivity index (χ1) is 17.4. The number of benzene rings is 2. The van der Waals surface area contributed by atoms with E-state index in [4.69, 9.17) is 14.5 Å². The Morgan fingerprint density at radius 1 is 1.06 bits per heavy atom. The van der Waals surface area contributed by atoms with Crippen molar-refractivity contribution >= 4 is 28.8 Å². The third-order valence-electron chi connectivity index (χ3n) is 7.68. The number of carbonyl (C=O) groups is 2. The maximum absolute atomic E-state index is 12.6. The first-order valence-corrected chi connectivity index (χ1v) is 12.7. The van der Waals surface area contributed by atoms with Gasteiger partial charge in [0.2, 0.25) is 0 Å². The van der Waals surface area contributed by atoms with E-state index in [-0.39, 0.29) is 30.2 Å². The summed E-state index contributed by atoms with van der Waals surface area (Å²) in [6.45, 7) is 4.04. The maximum Gasteiger partial charge on any atom is 0.414 e. The lowest BCUT2D eigenvalue weighted by Crippen LogP contribution is -2.42. The standard InChI is InChI=1S/C28H33N3O5/c1-17-9-14-22-23(30(17)28(34)35-3)15-16-24-25(22)29-26(18(2)36-21-7-5-4-6-8-21)31(24)20-12-10-19(11-13-20)27(32)33/h4-8,15-20H,9-14H2,1-3H3,(H,32,33)/t17-,18-,19?,20?/m0/s1. The Labute approximate surface area is 210 Å². The molecule has 1 saturated carbocycles. The van der Waals surface area contributed by atoms with Gasteiger partial charge in [-0.2, -0.15) is 0 Å². The summed E-state index contributed by atoms with van der Waals surface area (Å²) in [7, 11) is 1.41. The van der Waals surface area contributed by atoms with Crippen LogP contribution >= 0.6 is 0 Å². The fourth-order valence-corrected chi connectivity index (χ4v) is 5.80. The van der Waals surface area contributed by atoms with Gasteiger partial charge in [0, 0.05) is 17.6 Å². The lowest BCUT2D eigenvalue weighted by Gasteiger charge is -2.34. The predicted molar refractivity (Wildman–Crippen MR) is 137 cm³/mol. The molecule has 0 unspecified atom stereocenters. The molecule has 190 valence electrons. The van der Waals surface area contributed by atoms with Gasteiger partial charge in [0.1, 0.15) is 5.75 Å². The number of carbonyl (C=O) groups excluding carboxylic acids is 1. The Kier molecular flexibility index (Phi) is 6.60. The molecule has 8 nitrogen and oxygen atoms in total. The molecular formula is C28H33N3O5. The van der Waals surface area contributed by atoms with Crippen LogP contribution in [0.15, 0.2) is 42.5 Å². The molecule has 2 aromatic carbocycles. The molecule has 0 saturated heterocycles. The van der Waals surface area contributed by atoms with Crippen LogP contribution in [0, 0.1) is 5.92 Å². The Morgan fingerprint density at radius 2 is 1.78 bits per heavy atom. The highest BCUT2D eigenvalue weighted by molar-refractivity contribution is 5.95. The second kappa shape index (κ2) is 9.84. The van der Waals surface area contributed by atoms with Crippen LogP contribution in [0.3, 0.4) is 0 Å². The van der Waals surface area contributed by atoms with E-state index in [1.165, 1.54) is 7.11 Å². The monoisotopic (exact) mass is 491 g/mol. The number of aliphatic carboxylic acids is 1. The highest BCUT2D eigenvalue weighted by atomic mass is 16.5. The molecule has 1 N–H and O–H groups in total. The summed E-state index contributed by atoms with van der Waals surface area (Å²) in [5.74, 6) is 0.589. The molecule has 1 aliphatic carbocycles. The number of hydrogen-bond acceptors (Lipinski definition) is 5. The number of ether oxygens (including phenoxy) is 2. The van der Waals surface area contributed by atoms with Crippen molar-refractivity contribution in [2.24, 2.45) is 5.92 Å². The van der Waals surface area contributed by atoms with E-state index in [0.717, 1.165) is 59.5 Å². The minimum Gasteiger partial charge on any atom is -0.483 e. The molecule has 0 bridgehead atoms. The molecule has 0 spiro atoms. The van der Waals surface area contributed by atoms with Gasteiger partial charge in [-0.25, -0.2) is 9.78 Å². The molecule has 36 heavy (non-hydrogen) atoms. The van der Waals surface area contributed by atoms with Crippen LogP contribution in [-0.4, -0.2) is 39.9 Å². The Bertz CT molecular complexity index is 1260. The van der Waals surface area contributed by atoms with Gasteiger partial charge in [-0.15, -0.1) is 0 Å². The van der Waals surface area contributed by atoms with Crippen LogP contribution < -0.4 is 9.64 Å². The van der Waals surface area contributed by atoms with Gasteiger partial charge in [0.25, 0.3) is 0 Å². The quantitative estimate of drug-likeness (QED) is 0.478. The molecule has 1 amide bonds. The number of para-hydroxylation sites is 1. The van der Waals surface area contributed by atoms with Crippen molar-refractivity contribution in [2.75, 3.05) is 12.0 Å². The highest BCUT2D eigenvalue weighted by Crippen LogP contribution is 2.41. The van der Waals surface area contributed by atoms with E-state index in [0.29, 0.717) is 12.8 Å². The zero-order valence-electron chi connectivity index (χ0n) is 21.0. The average Bonchev–Trinajstić information content (AvgIpc) is 3.29. The van der Waals surface area contributed by atoms with Crippen LogP contribution in [0.2, 0.25) is 0 Å². The highest BCUT2D eigenvalue weighted by Gasteiger charge is 2.34. The summed E-state index contributed by atoms with van der Waals surface area (Å²) in [5.41, 5.74) is 3.77. The zero-order chi connectivity index (χ0) is 25.4. The number of amides is 1. The van der Waals surface area contributed by atoms with E-state index in [9.17, 15) is 14.7 Å². The number of anilines is 1. The lowest BCUT2D eigenvalue weighted by molar-refractivity contribution is -0.143. The number of fused-ring (bicyclic) bond motifs is 3. The van der Waals surface area contributed by atoms with Crippen molar-refractivity contribution in [1.29, 1.82) is 0 Å². The smallest absolute Gasteiger partial charge is 0.414 e. The molecule has 8 heteroatoms. The fraction of sp³-hybridized carbons (Fsp3) is 0.464. The molecule has 2 heterocycles. The van der Waals surface area contributed by atoms with E-state index >= 15 is 0 Å². The maximum atomic E-state index is 12.6. The first-order valence-electron chi connectivity index (χ1n) is 12.7. The summed E-state index contributed by atoms with van der Waals surface area (Å²) in [4.78, 5) is 31.0. The number of rotatable bonds is 5. The van der Waals surface area contributed by atoms with Crippen LogP contribution in [0.4, 0.5) is 10.5 Å². The summed E-state index contributed by atoms with van der Waals surface area (Å²) in [6.07, 6.45) is 3.80. The minimum absolute atomic E-state index is 0.0376. The Morgan fingerprint density at radius 3 is 2.44 bits per heavy atom. The van der Waals surface area contributed by atoms with Crippen LogP contribution in [-0.2, 0) is 16.0 Å². The fourth-order valence-electron chi connectivity index (χ4n) is 5.80. The lowest BCUT2D eigenvalue weighted by atomic mass is 9.85. The molecule has 2 aliphatic rings. The van der Waals surface area contributed by atoms with Gasteiger partial charge in [0.05, 0.1) is 29.7 Å². The molecule has 5 rings (SSSR count). The van der Waals surface area contributed by atoms with Crippen molar-refractivity contribution < 1.29 is 24.2 Å². The van der Waals surface area contributed by atoms with Crippen LogP contribution in [0.25, 0.3) is 11.0 Å². The van der Waals surface area contributed by atoms with Gasteiger partial charge in [0.15, 0.2) is 11.9 Å². The van der Waals surface area contributed by atoms with Gasteiger partial charge in [-0.3, -0.25) is 9.69 Å². The van der Waals surface area contributed by atoms with Gasteiger partial charge in [-0.1, -0.05) is 18.2 Å². The third kappa shape index (κ3) is 4.29. The summed E-state index contributed by atoms with van der Waals surface area (Å²) in [5, 5.41) is 9.50. The van der Waals surface area contributed by atoms with Gasteiger partial charge >= 0.3 is 12.1 Å². The number of aryl methyl sites for hydroxylation is 1. The van der Waals surface area contributed by atoms with E-state index in [2.05, 4.69) is 4.57 Å². The molecule has 0 radical (unpaired) electrons. The Hall–Kier alpha value is -3.55. The summed E-state index contributed by atoms with van der Waals surface area (Å²) >= 11 is 0. The number of aromatic nitrogens is 2. The topological polar surface area (TPSA) is 93.9 Å². The normalized spacial score (nSPS) is 22.6. The van der Waals surface area contributed by atoms with E-state index in [1.54, 1.807) is 4.90 Å². The second-order valence-corrected chi connectivity index (χ2v) is 9.92. The number of carboxylic acid groups (broad SMARTS) is 1. The Balaban J connectivity index is 1.60. The average molecular weight is 492 g/mol. The third-order valence-corrected chi connectivity index (χ3v) is 7.68. The number of nitrogens with zero attached hydrogens (tertiary/aromatic N) is 3. The molecule has 1 aliphatic heterocycles. The van der Waals surface area contributed by atoms with Gasteiger partial charge in [-0.05, 0) is 76.6 Å². The number of carboxylic acids is 1. The SMILES string of the molecule is COC(=O)N1c2ccc3c(nc([C@H](C)Oc4ccccc4)n3C3CCC(C(=O)O)CC3)c2CC[C@@H]1C. The summed E-state index contributed by atoms with van der Waals surface area (Å²) < 4.78 is 13.6. The van der Waals surface area contributed by atoms with Crippen molar-refractivity contribution in [3.05, 3.63) is 53.9 Å². The molecule has 2 atom stereocenters. The zero-order valence-corrected chi connectivity index (χ0v) is 21.0. The summed E-state index contributed by atoms with van der Waals surface area (Å²) in [6, 6.07) is 13.9. The number of imidazole rings is 1. The van der Waals surface area contributed by atoms with Crippen molar-refractivity contribution in [3.8, 4) is 5.75 Å². The molecule has 1 fully saturated rings. The molecule has 1 aromatic heterocycles. The number of methoxy groups -OCH3 is 1. The minimum atomic E-state index is -0.712. The van der Waals surface area contributed by atoms with Crippen molar-refractivity contribution in [3.63, 3.8) is 0 Å². The molecular weight excluding hydrogens is 458 g/mol. The van der Waals surface area contributed by atoms with Crippen molar-refractivity contribution in [1.82, 2.24) is 9.55 Å². The van der Waals surface area contributed by atoms with Gasteiger partial charge < -0.3 is 19.1 Å². The van der Waals surface area contributed by atoms with E-state index in [1.807, 2.05) is 56.3 Å². The van der Waals surface area contributed by atoms with E-state index < -0.39 is 5.97 Å². The van der Waals surface area contributed by atoms with Crippen LogP contribution in [0.1, 0.15) is 69.5 Å². The van der Waals surface area contributed by atoms with Crippen LogP contribution in [0.5, 0.6) is 5.75 Å².